The van der Waals surface area contributed by atoms with Crippen molar-refractivity contribution < 1.29 is 23.5 Å². The lowest BCUT2D eigenvalue weighted by Gasteiger charge is -2.10. The third kappa shape index (κ3) is 6.22. The zero-order chi connectivity index (χ0) is 19.6. The molecule has 0 aliphatic heterocycles. The predicted octanol–water partition coefficient (Wildman–Crippen LogP) is 2.69. The predicted molar refractivity (Wildman–Crippen MR) is 98.8 cm³/mol. The fourth-order valence-corrected chi connectivity index (χ4v) is 2.42. The van der Waals surface area contributed by atoms with Gasteiger partial charge in [0.25, 0.3) is 0 Å². The first-order valence-corrected chi connectivity index (χ1v) is 8.57. The molecule has 0 aliphatic carbocycles. The number of nitrogens with one attached hydrogen (secondary N) is 2. The van der Waals surface area contributed by atoms with Crippen LogP contribution in [-0.2, 0) is 20.7 Å². The first-order valence-electron chi connectivity index (χ1n) is 8.57. The Morgan fingerprint density at radius 3 is 2.44 bits per heavy atom. The monoisotopic (exact) mass is 372 g/mol. The average molecular weight is 372 g/mol. The molecule has 0 aromatic heterocycles. The van der Waals surface area contributed by atoms with E-state index in [9.17, 15) is 18.8 Å². The van der Waals surface area contributed by atoms with Gasteiger partial charge in [0.2, 0.25) is 11.8 Å². The smallest absolute Gasteiger partial charge is 0.340 e. The molecule has 0 atom stereocenters. The zero-order valence-electron chi connectivity index (χ0n) is 15.0. The molecule has 0 radical (unpaired) electrons. The van der Waals surface area contributed by atoms with Gasteiger partial charge in [0.15, 0.2) is 0 Å². The van der Waals surface area contributed by atoms with Crippen molar-refractivity contribution in [3.05, 3.63) is 65.5 Å². The molecule has 0 bridgehead atoms. The fourth-order valence-electron chi connectivity index (χ4n) is 2.42. The standard InChI is InChI=1S/C20H21FN2O4/c1-2-27-20(26)15-8-4-6-10-17(15)23-19(25)13-18(24)22-12-11-14-7-3-5-9-16(14)21/h3-10H,2,11-13H2,1H3,(H,22,24)(H,23,25). The summed E-state index contributed by atoms with van der Waals surface area (Å²) in [6.45, 7) is 2.11. The van der Waals surface area contributed by atoms with Crippen molar-refractivity contribution in [3.63, 3.8) is 0 Å². The maximum Gasteiger partial charge on any atom is 0.340 e. The molecule has 0 spiro atoms. The molecule has 6 nitrogen and oxygen atoms in total. The van der Waals surface area contributed by atoms with Crippen LogP contribution in [0, 0.1) is 5.82 Å². The van der Waals surface area contributed by atoms with Gasteiger partial charge in [-0.3, -0.25) is 9.59 Å². The second-order valence-electron chi connectivity index (χ2n) is 5.68. The summed E-state index contributed by atoms with van der Waals surface area (Å²) in [6.07, 6.45) is -0.0832. The number of rotatable bonds is 8. The molecule has 7 heteroatoms. The van der Waals surface area contributed by atoms with E-state index in [1.165, 1.54) is 12.1 Å². The van der Waals surface area contributed by atoms with Crippen LogP contribution in [0.15, 0.2) is 48.5 Å². The van der Waals surface area contributed by atoms with E-state index in [0.717, 1.165) is 0 Å². The number of anilines is 1. The molecule has 2 rings (SSSR count). The highest BCUT2D eigenvalue weighted by atomic mass is 19.1. The summed E-state index contributed by atoms with van der Waals surface area (Å²) >= 11 is 0. The van der Waals surface area contributed by atoms with Crippen molar-refractivity contribution in [1.29, 1.82) is 0 Å². The molecule has 2 aromatic carbocycles. The zero-order valence-corrected chi connectivity index (χ0v) is 15.0. The van der Waals surface area contributed by atoms with Crippen molar-refractivity contribution in [2.24, 2.45) is 0 Å². The number of esters is 1. The largest absolute Gasteiger partial charge is 0.462 e. The minimum Gasteiger partial charge on any atom is -0.462 e. The van der Waals surface area contributed by atoms with Crippen molar-refractivity contribution in [1.82, 2.24) is 5.32 Å². The SMILES string of the molecule is CCOC(=O)c1ccccc1NC(=O)CC(=O)NCCc1ccccc1F. The van der Waals surface area contributed by atoms with Gasteiger partial charge in [-0.1, -0.05) is 30.3 Å². The summed E-state index contributed by atoms with van der Waals surface area (Å²) in [7, 11) is 0. The summed E-state index contributed by atoms with van der Waals surface area (Å²) in [4.78, 5) is 35.8. The molecular weight excluding hydrogens is 351 g/mol. The summed E-state index contributed by atoms with van der Waals surface area (Å²) in [5, 5.41) is 5.11. The van der Waals surface area contributed by atoms with Crippen LogP contribution in [0.4, 0.5) is 10.1 Å². The molecule has 0 saturated carbocycles. The second kappa shape index (κ2) is 10.1. The van der Waals surface area contributed by atoms with Crippen molar-refractivity contribution in [2.75, 3.05) is 18.5 Å². The summed E-state index contributed by atoms with van der Waals surface area (Å²) in [5.74, 6) is -1.93. The highest BCUT2D eigenvalue weighted by molar-refractivity contribution is 6.06. The Hall–Kier alpha value is -3.22. The van der Waals surface area contributed by atoms with Crippen molar-refractivity contribution in [2.45, 2.75) is 19.8 Å². The van der Waals surface area contributed by atoms with Crippen molar-refractivity contribution >= 4 is 23.5 Å². The normalized spacial score (nSPS) is 10.1. The van der Waals surface area contributed by atoms with Crippen LogP contribution in [0.1, 0.15) is 29.3 Å². The molecule has 27 heavy (non-hydrogen) atoms. The van der Waals surface area contributed by atoms with E-state index in [4.69, 9.17) is 4.74 Å². The van der Waals surface area contributed by atoms with Crippen molar-refractivity contribution in [3.8, 4) is 0 Å². The molecule has 2 aromatic rings. The van der Waals surface area contributed by atoms with Gasteiger partial charge < -0.3 is 15.4 Å². The summed E-state index contributed by atoms with van der Waals surface area (Å²) in [6, 6.07) is 12.7. The lowest BCUT2D eigenvalue weighted by molar-refractivity contribution is -0.126. The third-order valence-corrected chi connectivity index (χ3v) is 3.69. The minimum atomic E-state index is -0.560. The Morgan fingerprint density at radius 2 is 1.70 bits per heavy atom. The molecule has 0 saturated heterocycles. The van der Waals surface area contributed by atoms with E-state index in [0.29, 0.717) is 12.0 Å². The van der Waals surface area contributed by atoms with Gasteiger partial charge in [-0.2, -0.15) is 0 Å². The van der Waals surface area contributed by atoms with Crippen LogP contribution < -0.4 is 10.6 Å². The van der Waals surface area contributed by atoms with Gasteiger partial charge in [0, 0.05) is 6.54 Å². The van der Waals surface area contributed by atoms with Gasteiger partial charge in [-0.15, -0.1) is 0 Å². The van der Waals surface area contributed by atoms with E-state index in [1.54, 1.807) is 43.3 Å². The van der Waals surface area contributed by atoms with Crippen LogP contribution in [-0.4, -0.2) is 30.9 Å². The van der Waals surface area contributed by atoms with E-state index in [1.807, 2.05) is 0 Å². The highest BCUT2D eigenvalue weighted by Crippen LogP contribution is 2.16. The van der Waals surface area contributed by atoms with Crippen LogP contribution >= 0.6 is 0 Å². The number of carbonyl (C=O) groups is 3. The summed E-state index contributed by atoms with van der Waals surface area (Å²) < 4.78 is 18.4. The van der Waals surface area contributed by atoms with Gasteiger partial charge in [-0.05, 0) is 37.1 Å². The van der Waals surface area contributed by atoms with Gasteiger partial charge >= 0.3 is 5.97 Å². The van der Waals surface area contributed by atoms with Crippen LogP contribution in [0.3, 0.4) is 0 Å². The number of halogens is 1. The number of para-hydroxylation sites is 1. The van der Waals surface area contributed by atoms with Gasteiger partial charge in [0.05, 0.1) is 17.9 Å². The molecule has 0 unspecified atom stereocenters. The second-order valence-corrected chi connectivity index (χ2v) is 5.68. The fraction of sp³-hybridized carbons (Fsp3) is 0.250. The van der Waals surface area contributed by atoms with E-state index in [2.05, 4.69) is 10.6 Å². The Morgan fingerprint density at radius 1 is 1.00 bits per heavy atom. The minimum absolute atomic E-state index is 0.214. The van der Waals surface area contributed by atoms with Crippen LogP contribution in [0.2, 0.25) is 0 Å². The van der Waals surface area contributed by atoms with Crippen LogP contribution in [0.25, 0.3) is 0 Å². The third-order valence-electron chi connectivity index (χ3n) is 3.69. The number of benzene rings is 2. The Bertz CT molecular complexity index is 823. The molecule has 0 fully saturated rings. The van der Waals surface area contributed by atoms with Gasteiger partial charge in [-0.25, -0.2) is 9.18 Å². The number of hydrogen-bond donors (Lipinski definition) is 2. The molecule has 2 N–H and O–H groups in total. The first kappa shape index (κ1) is 20.1. The lowest BCUT2D eigenvalue weighted by Crippen LogP contribution is -2.30. The molecule has 2 amide bonds. The molecule has 0 aliphatic rings. The van der Waals surface area contributed by atoms with E-state index < -0.39 is 24.2 Å². The number of hydrogen-bond acceptors (Lipinski definition) is 4. The maximum atomic E-state index is 13.5. The van der Waals surface area contributed by atoms with Crippen LogP contribution in [0.5, 0.6) is 0 Å². The number of carbonyl (C=O) groups excluding carboxylic acids is 3. The topological polar surface area (TPSA) is 84.5 Å². The van der Waals surface area contributed by atoms with E-state index >= 15 is 0 Å². The molecular formula is C20H21FN2O4. The summed E-state index contributed by atoms with van der Waals surface area (Å²) in [5.41, 5.74) is 0.985. The maximum absolute atomic E-state index is 13.5. The molecule has 142 valence electrons. The average Bonchev–Trinajstić information content (AvgIpc) is 2.64. The first-order chi connectivity index (χ1) is 13.0. The highest BCUT2D eigenvalue weighted by Gasteiger charge is 2.15. The van der Waals surface area contributed by atoms with E-state index in [-0.39, 0.29) is 30.2 Å². The Kier molecular flexibility index (Phi) is 7.49. The Balaban J connectivity index is 1.84. The van der Waals surface area contributed by atoms with Gasteiger partial charge in [0.1, 0.15) is 12.2 Å². The number of amides is 2. The number of ether oxygens (including phenoxy) is 1. The molecule has 0 heterocycles. The Labute approximate surface area is 156 Å². The quantitative estimate of drug-likeness (QED) is 0.551. The lowest BCUT2D eigenvalue weighted by atomic mass is 10.1.